The van der Waals surface area contributed by atoms with Crippen LogP contribution in [0, 0.1) is 0 Å². The van der Waals surface area contributed by atoms with Crippen molar-refractivity contribution in [3.8, 4) is 5.75 Å². The summed E-state index contributed by atoms with van der Waals surface area (Å²) in [6.07, 6.45) is 2.29. The Morgan fingerprint density at radius 3 is 2.18 bits per heavy atom. The quantitative estimate of drug-likeness (QED) is 0.336. The van der Waals surface area contributed by atoms with Gasteiger partial charge in [0, 0.05) is 34.7 Å². The van der Waals surface area contributed by atoms with Crippen LogP contribution < -0.4 is 10.1 Å². The number of hydrogen-bond donors (Lipinski definition) is 1. The van der Waals surface area contributed by atoms with Crippen molar-refractivity contribution in [2.24, 2.45) is 0 Å². The summed E-state index contributed by atoms with van der Waals surface area (Å²) in [7, 11) is 0. The number of nitrogens with one attached hydrogen (secondary N) is 1. The molecule has 178 valence electrons. The van der Waals surface area contributed by atoms with Gasteiger partial charge in [-0.2, -0.15) is 0 Å². The van der Waals surface area contributed by atoms with Gasteiger partial charge in [-0.15, -0.1) is 24.8 Å². The molecule has 0 saturated carbocycles. The lowest BCUT2D eigenvalue weighted by atomic mass is 10.0. The minimum Gasteiger partial charge on any atom is -0.489 e. The normalized spacial score (nSPS) is 14.2. The highest BCUT2D eigenvalue weighted by molar-refractivity contribution is 6.30. The number of piperidine rings is 1. The van der Waals surface area contributed by atoms with Crippen LogP contribution in [0.15, 0.2) is 72.8 Å². The molecule has 0 unspecified atom stereocenters. The first-order valence-corrected chi connectivity index (χ1v) is 11.6. The van der Waals surface area contributed by atoms with Crippen molar-refractivity contribution < 1.29 is 4.74 Å². The van der Waals surface area contributed by atoms with Gasteiger partial charge in [0.1, 0.15) is 12.4 Å². The fourth-order valence-electron chi connectivity index (χ4n) is 3.96. The van der Waals surface area contributed by atoms with Crippen molar-refractivity contribution in [2.45, 2.75) is 38.6 Å². The minimum absolute atomic E-state index is 0. The average molecular weight is 528 g/mol. The smallest absolute Gasteiger partial charge is 0.124 e. The SMILES string of the molecule is Cl.Cl.Clc1ccc(COc2ccc(Cl)cc2CNC2CCN(Cc3ccccc3)CC2)cc1. The number of nitrogens with zero attached hydrogens (tertiary/aromatic N) is 1. The summed E-state index contributed by atoms with van der Waals surface area (Å²) in [5.41, 5.74) is 3.56. The van der Waals surface area contributed by atoms with Gasteiger partial charge in [0.15, 0.2) is 0 Å². The second-order valence-corrected chi connectivity index (χ2v) is 8.96. The van der Waals surface area contributed by atoms with Gasteiger partial charge < -0.3 is 10.1 Å². The van der Waals surface area contributed by atoms with Crippen LogP contribution >= 0.6 is 48.0 Å². The number of hydrogen-bond acceptors (Lipinski definition) is 3. The van der Waals surface area contributed by atoms with Gasteiger partial charge in [-0.1, -0.05) is 65.7 Å². The van der Waals surface area contributed by atoms with E-state index in [-0.39, 0.29) is 24.8 Å². The summed E-state index contributed by atoms with van der Waals surface area (Å²) in [5, 5.41) is 5.17. The summed E-state index contributed by atoms with van der Waals surface area (Å²) in [5.74, 6) is 0.869. The zero-order chi connectivity index (χ0) is 21.5. The predicted molar refractivity (Wildman–Crippen MR) is 143 cm³/mol. The molecule has 0 aliphatic carbocycles. The molecule has 4 rings (SSSR count). The Morgan fingerprint density at radius 1 is 0.818 bits per heavy atom. The summed E-state index contributed by atoms with van der Waals surface area (Å²) in [4.78, 5) is 2.54. The average Bonchev–Trinajstić information content (AvgIpc) is 2.80. The minimum atomic E-state index is 0. The fraction of sp³-hybridized carbons (Fsp3) is 0.308. The van der Waals surface area contributed by atoms with E-state index >= 15 is 0 Å². The van der Waals surface area contributed by atoms with E-state index in [1.165, 1.54) is 5.56 Å². The maximum atomic E-state index is 6.26. The van der Waals surface area contributed by atoms with Crippen LogP contribution in [0.5, 0.6) is 5.75 Å². The summed E-state index contributed by atoms with van der Waals surface area (Å²) < 4.78 is 6.09. The molecule has 1 fully saturated rings. The first-order chi connectivity index (χ1) is 15.2. The molecule has 1 aliphatic rings. The van der Waals surface area contributed by atoms with Gasteiger partial charge >= 0.3 is 0 Å². The van der Waals surface area contributed by atoms with Crippen molar-refractivity contribution in [1.29, 1.82) is 0 Å². The molecule has 0 radical (unpaired) electrons. The molecule has 33 heavy (non-hydrogen) atoms. The highest BCUT2D eigenvalue weighted by atomic mass is 35.5. The molecule has 1 heterocycles. The van der Waals surface area contributed by atoms with E-state index in [4.69, 9.17) is 27.9 Å². The maximum Gasteiger partial charge on any atom is 0.124 e. The van der Waals surface area contributed by atoms with E-state index in [0.717, 1.165) is 65.9 Å². The standard InChI is InChI=1S/C26H28Cl2N2O.2ClH/c27-23-8-6-21(7-9-23)19-31-26-11-10-24(28)16-22(26)17-29-25-12-14-30(15-13-25)18-20-4-2-1-3-5-20;;/h1-11,16,25,29H,12-15,17-19H2;2*1H. The molecule has 1 N–H and O–H groups in total. The van der Waals surface area contributed by atoms with Crippen molar-refractivity contribution in [3.05, 3.63) is 99.5 Å². The Bertz CT molecular complexity index is 962. The Morgan fingerprint density at radius 2 is 1.48 bits per heavy atom. The molecule has 1 aliphatic heterocycles. The highest BCUT2D eigenvalue weighted by Gasteiger charge is 2.19. The van der Waals surface area contributed by atoms with Crippen LogP contribution in [0.3, 0.4) is 0 Å². The second kappa shape index (κ2) is 14.1. The third-order valence-corrected chi connectivity index (χ3v) is 6.23. The molecule has 1 saturated heterocycles. The molecule has 3 aromatic carbocycles. The topological polar surface area (TPSA) is 24.5 Å². The largest absolute Gasteiger partial charge is 0.489 e. The molecular weight excluding hydrogens is 498 g/mol. The van der Waals surface area contributed by atoms with Gasteiger partial charge in [0.25, 0.3) is 0 Å². The lowest BCUT2D eigenvalue weighted by Crippen LogP contribution is -2.41. The van der Waals surface area contributed by atoms with Crippen molar-refractivity contribution in [1.82, 2.24) is 10.2 Å². The van der Waals surface area contributed by atoms with Crippen LogP contribution in [0.4, 0.5) is 0 Å². The first kappa shape index (κ1) is 27.8. The number of likely N-dealkylation sites (tertiary alicyclic amines) is 1. The Labute approximate surface area is 219 Å². The maximum absolute atomic E-state index is 6.26. The van der Waals surface area contributed by atoms with Crippen LogP contribution in [0.25, 0.3) is 0 Å². The molecule has 0 amide bonds. The second-order valence-electron chi connectivity index (χ2n) is 8.08. The van der Waals surface area contributed by atoms with E-state index in [2.05, 4.69) is 40.5 Å². The fourth-order valence-corrected chi connectivity index (χ4v) is 4.28. The third kappa shape index (κ3) is 8.68. The highest BCUT2D eigenvalue weighted by Crippen LogP contribution is 2.25. The molecule has 3 nitrogen and oxygen atoms in total. The first-order valence-electron chi connectivity index (χ1n) is 10.8. The van der Waals surface area contributed by atoms with Gasteiger partial charge in [-0.05, 0) is 67.4 Å². The molecule has 0 spiro atoms. The summed E-state index contributed by atoms with van der Waals surface area (Å²) in [6.45, 7) is 4.51. The summed E-state index contributed by atoms with van der Waals surface area (Å²) >= 11 is 12.2. The number of ether oxygens (including phenoxy) is 1. The zero-order valence-electron chi connectivity index (χ0n) is 18.4. The summed E-state index contributed by atoms with van der Waals surface area (Å²) in [6, 6.07) is 24.8. The predicted octanol–water partition coefficient (Wildman–Crippen LogP) is 7.17. The van der Waals surface area contributed by atoms with Crippen LogP contribution in [0.1, 0.15) is 29.5 Å². The van der Waals surface area contributed by atoms with Gasteiger partial charge in [0.05, 0.1) is 0 Å². The van der Waals surface area contributed by atoms with E-state index in [9.17, 15) is 0 Å². The van der Waals surface area contributed by atoms with Crippen molar-refractivity contribution in [2.75, 3.05) is 13.1 Å². The van der Waals surface area contributed by atoms with Crippen LogP contribution in [-0.4, -0.2) is 24.0 Å². The van der Waals surface area contributed by atoms with Gasteiger partial charge in [-0.3, -0.25) is 4.90 Å². The van der Waals surface area contributed by atoms with Gasteiger partial charge in [-0.25, -0.2) is 0 Å². The third-order valence-electron chi connectivity index (χ3n) is 5.75. The molecule has 0 bridgehead atoms. The number of benzene rings is 3. The van der Waals surface area contributed by atoms with E-state index < -0.39 is 0 Å². The van der Waals surface area contributed by atoms with E-state index in [0.29, 0.717) is 12.6 Å². The molecule has 0 atom stereocenters. The van der Waals surface area contributed by atoms with E-state index in [1.54, 1.807) is 0 Å². The lowest BCUT2D eigenvalue weighted by molar-refractivity contribution is 0.189. The van der Waals surface area contributed by atoms with Gasteiger partial charge in [0.2, 0.25) is 0 Å². The van der Waals surface area contributed by atoms with Crippen LogP contribution in [0.2, 0.25) is 10.0 Å². The monoisotopic (exact) mass is 526 g/mol. The number of halogens is 4. The lowest BCUT2D eigenvalue weighted by Gasteiger charge is -2.32. The van der Waals surface area contributed by atoms with E-state index in [1.807, 2.05) is 42.5 Å². The zero-order valence-corrected chi connectivity index (χ0v) is 21.5. The van der Waals surface area contributed by atoms with Crippen molar-refractivity contribution >= 4 is 48.0 Å². The Hall–Kier alpha value is -1.46. The molecule has 7 heteroatoms. The molecular formula is C26H30Cl4N2O. The molecule has 0 aromatic heterocycles. The van der Waals surface area contributed by atoms with Crippen molar-refractivity contribution in [3.63, 3.8) is 0 Å². The Kier molecular flexibility index (Phi) is 11.8. The Balaban J connectivity index is 0.00000193. The van der Waals surface area contributed by atoms with Crippen LogP contribution in [-0.2, 0) is 19.7 Å². The molecule has 3 aromatic rings. The number of rotatable bonds is 8.